The molecule has 1 aliphatic heterocycles. The van der Waals surface area contributed by atoms with E-state index in [1.165, 1.54) is 12.1 Å². The summed E-state index contributed by atoms with van der Waals surface area (Å²) in [5, 5.41) is 17.0. The van der Waals surface area contributed by atoms with Gasteiger partial charge in [0.15, 0.2) is 0 Å². The molecule has 3 rings (SSSR count). The van der Waals surface area contributed by atoms with Crippen molar-refractivity contribution in [1.29, 1.82) is 5.26 Å². The molecule has 1 amide bonds. The number of nitrogens with zero attached hydrogens (tertiary/aromatic N) is 4. The van der Waals surface area contributed by atoms with Gasteiger partial charge in [-0.1, -0.05) is 6.42 Å². The van der Waals surface area contributed by atoms with Gasteiger partial charge >= 0.3 is 0 Å². The number of nitriles is 1. The number of nitrogens with one attached hydrogen (secondary N) is 1. The van der Waals surface area contributed by atoms with Crippen molar-refractivity contribution in [3.63, 3.8) is 0 Å². The van der Waals surface area contributed by atoms with Crippen LogP contribution < -0.4 is 5.32 Å². The number of aromatic nitrogens is 2. The van der Waals surface area contributed by atoms with Gasteiger partial charge in [0.05, 0.1) is 24.9 Å². The fourth-order valence-electron chi connectivity index (χ4n) is 3.93. The van der Waals surface area contributed by atoms with Crippen molar-refractivity contribution in [1.82, 2.24) is 20.0 Å². The third-order valence-electron chi connectivity index (χ3n) is 5.61. The molecule has 0 aromatic carbocycles. The highest BCUT2D eigenvalue weighted by molar-refractivity contribution is 5.79. The third-order valence-corrected chi connectivity index (χ3v) is 5.61. The lowest BCUT2D eigenvalue weighted by atomic mass is 9.97. The highest BCUT2D eigenvalue weighted by atomic mass is 16.2. The van der Waals surface area contributed by atoms with Crippen LogP contribution in [-0.2, 0) is 11.3 Å². The molecule has 136 valence electrons. The van der Waals surface area contributed by atoms with Crippen LogP contribution in [0, 0.1) is 31.1 Å². The Morgan fingerprint density at radius 1 is 1.40 bits per heavy atom. The predicted molar refractivity (Wildman–Crippen MR) is 95.8 cm³/mol. The summed E-state index contributed by atoms with van der Waals surface area (Å²) in [6, 6.07) is 4.72. The van der Waals surface area contributed by atoms with Crippen molar-refractivity contribution in [3.05, 3.63) is 17.5 Å². The minimum absolute atomic E-state index is 0.0313. The fraction of sp³-hybridized carbons (Fsp3) is 0.737. The second-order valence-corrected chi connectivity index (χ2v) is 7.87. The Bertz CT molecular complexity index is 672. The zero-order valence-electron chi connectivity index (χ0n) is 15.6. The molecule has 1 saturated heterocycles. The highest BCUT2D eigenvalue weighted by Gasteiger charge is 2.43. The zero-order valence-corrected chi connectivity index (χ0v) is 15.6. The summed E-state index contributed by atoms with van der Waals surface area (Å²) in [6.45, 7) is 8.07. The Morgan fingerprint density at radius 2 is 2.16 bits per heavy atom. The second kappa shape index (κ2) is 7.17. The summed E-state index contributed by atoms with van der Waals surface area (Å²) in [7, 11) is 0. The lowest BCUT2D eigenvalue weighted by molar-refractivity contribution is -0.124. The molecule has 2 atom stereocenters. The predicted octanol–water partition coefficient (Wildman–Crippen LogP) is 2.16. The standard InChI is InChI=1S/C19H29N5O/c1-14-10-15(2)24(22-14)11-17-6-4-5-9-23(17)12-18(25)21-19(3,13-20)16-7-8-16/h10,16-17H,4-9,11-12H2,1-3H3,(H,21,25)/t17-,19-/m0/s1. The molecular formula is C19H29N5O. The van der Waals surface area contributed by atoms with E-state index in [-0.39, 0.29) is 5.91 Å². The van der Waals surface area contributed by atoms with Crippen LogP contribution in [0.3, 0.4) is 0 Å². The molecule has 1 aliphatic carbocycles. The van der Waals surface area contributed by atoms with Crippen LogP contribution in [0.25, 0.3) is 0 Å². The zero-order chi connectivity index (χ0) is 18.0. The Balaban J connectivity index is 1.62. The van der Waals surface area contributed by atoms with E-state index < -0.39 is 5.54 Å². The van der Waals surface area contributed by atoms with E-state index in [4.69, 9.17) is 0 Å². The minimum Gasteiger partial charge on any atom is -0.337 e. The van der Waals surface area contributed by atoms with E-state index in [0.717, 1.165) is 44.5 Å². The maximum absolute atomic E-state index is 12.6. The van der Waals surface area contributed by atoms with Crippen molar-refractivity contribution in [2.24, 2.45) is 5.92 Å². The van der Waals surface area contributed by atoms with Crippen LogP contribution in [0.15, 0.2) is 6.07 Å². The highest BCUT2D eigenvalue weighted by Crippen LogP contribution is 2.39. The summed E-state index contributed by atoms with van der Waals surface area (Å²) in [5.41, 5.74) is 1.49. The molecule has 0 radical (unpaired) electrons. The summed E-state index contributed by atoms with van der Waals surface area (Å²) < 4.78 is 2.06. The van der Waals surface area contributed by atoms with Crippen molar-refractivity contribution in [3.8, 4) is 6.07 Å². The molecule has 0 spiro atoms. The molecule has 2 aliphatic rings. The van der Waals surface area contributed by atoms with Crippen LogP contribution in [0.1, 0.15) is 50.4 Å². The Labute approximate surface area is 150 Å². The fourth-order valence-corrected chi connectivity index (χ4v) is 3.93. The molecule has 1 N–H and O–H groups in total. The van der Waals surface area contributed by atoms with E-state index >= 15 is 0 Å². The van der Waals surface area contributed by atoms with E-state index in [1.54, 1.807) is 0 Å². The van der Waals surface area contributed by atoms with Crippen LogP contribution in [0.5, 0.6) is 0 Å². The van der Waals surface area contributed by atoms with Gasteiger partial charge in [-0.25, -0.2) is 0 Å². The van der Waals surface area contributed by atoms with E-state index in [9.17, 15) is 10.1 Å². The molecule has 1 aromatic rings. The summed E-state index contributed by atoms with van der Waals surface area (Å²) in [4.78, 5) is 14.8. The van der Waals surface area contributed by atoms with Gasteiger partial charge in [-0.05, 0) is 65.0 Å². The number of aryl methyl sites for hydroxylation is 2. The molecule has 1 saturated carbocycles. The van der Waals surface area contributed by atoms with E-state index in [1.807, 2.05) is 13.8 Å². The molecule has 0 bridgehead atoms. The Kier molecular flexibility index (Phi) is 5.14. The maximum Gasteiger partial charge on any atom is 0.235 e. The number of hydrogen-bond donors (Lipinski definition) is 1. The number of piperidine rings is 1. The number of hydrogen-bond acceptors (Lipinski definition) is 4. The second-order valence-electron chi connectivity index (χ2n) is 7.87. The largest absolute Gasteiger partial charge is 0.337 e. The Hall–Kier alpha value is -1.87. The lowest BCUT2D eigenvalue weighted by Gasteiger charge is -2.36. The number of carbonyl (C=O) groups is 1. The minimum atomic E-state index is -0.710. The van der Waals surface area contributed by atoms with Crippen molar-refractivity contribution < 1.29 is 4.79 Å². The summed E-state index contributed by atoms with van der Waals surface area (Å²) >= 11 is 0. The molecule has 0 unspecified atom stereocenters. The van der Waals surface area contributed by atoms with Gasteiger partial charge in [0.25, 0.3) is 0 Å². The first kappa shape index (κ1) is 17.9. The first-order valence-corrected chi connectivity index (χ1v) is 9.38. The average Bonchev–Trinajstić information content (AvgIpc) is 3.36. The normalized spacial score (nSPS) is 23.7. The van der Waals surface area contributed by atoms with E-state index in [0.29, 0.717) is 18.5 Å². The third kappa shape index (κ3) is 4.21. The van der Waals surface area contributed by atoms with Crippen LogP contribution in [0.2, 0.25) is 0 Å². The molecule has 25 heavy (non-hydrogen) atoms. The molecule has 2 heterocycles. The van der Waals surface area contributed by atoms with Crippen LogP contribution in [-0.4, -0.2) is 45.3 Å². The quantitative estimate of drug-likeness (QED) is 0.859. The van der Waals surface area contributed by atoms with Crippen molar-refractivity contribution in [2.45, 2.75) is 71.0 Å². The smallest absolute Gasteiger partial charge is 0.235 e. The number of amides is 1. The molecule has 6 nitrogen and oxygen atoms in total. The monoisotopic (exact) mass is 343 g/mol. The number of carbonyl (C=O) groups excluding carboxylic acids is 1. The lowest BCUT2D eigenvalue weighted by Crippen LogP contribution is -2.53. The summed E-state index contributed by atoms with van der Waals surface area (Å²) in [6.07, 6.45) is 5.48. The SMILES string of the molecule is Cc1cc(C)n(C[C@@H]2CCCCN2CC(=O)N[C@@](C)(C#N)C2CC2)n1. The first-order valence-electron chi connectivity index (χ1n) is 9.38. The van der Waals surface area contributed by atoms with Gasteiger partial charge in [0, 0.05) is 11.7 Å². The number of likely N-dealkylation sites (tertiary alicyclic amines) is 1. The van der Waals surface area contributed by atoms with Crippen LogP contribution >= 0.6 is 0 Å². The molecule has 2 fully saturated rings. The Morgan fingerprint density at radius 3 is 2.76 bits per heavy atom. The summed E-state index contributed by atoms with van der Waals surface area (Å²) in [5.74, 6) is 0.282. The van der Waals surface area contributed by atoms with Crippen molar-refractivity contribution in [2.75, 3.05) is 13.1 Å². The molecule has 6 heteroatoms. The van der Waals surface area contributed by atoms with Crippen LogP contribution in [0.4, 0.5) is 0 Å². The maximum atomic E-state index is 12.6. The van der Waals surface area contributed by atoms with Gasteiger partial charge in [0.1, 0.15) is 5.54 Å². The van der Waals surface area contributed by atoms with Gasteiger partial charge in [-0.3, -0.25) is 14.4 Å². The van der Waals surface area contributed by atoms with Gasteiger partial charge in [-0.15, -0.1) is 0 Å². The van der Waals surface area contributed by atoms with Gasteiger partial charge in [0.2, 0.25) is 5.91 Å². The average molecular weight is 343 g/mol. The van der Waals surface area contributed by atoms with Gasteiger partial charge < -0.3 is 5.32 Å². The topological polar surface area (TPSA) is 74.0 Å². The van der Waals surface area contributed by atoms with E-state index in [2.05, 4.69) is 39.1 Å². The molecular weight excluding hydrogens is 314 g/mol. The van der Waals surface area contributed by atoms with Gasteiger partial charge in [-0.2, -0.15) is 10.4 Å². The molecule has 1 aromatic heterocycles. The number of rotatable bonds is 6. The van der Waals surface area contributed by atoms with Crippen molar-refractivity contribution >= 4 is 5.91 Å². The first-order chi connectivity index (χ1) is 11.9.